The fourth-order valence-corrected chi connectivity index (χ4v) is 4.89. The number of benzene rings is 3. The summed E-state index contributed by atoms with van der Waals surface area (Å²) in [7, 11) is 0. The van der Waals surface area contributed by atoms with Gasteiger partial charge in [-0.2, -0.15) is 0 Å². The quantitative estimate of drug-likeness (QED) is 0.138. The maximum absolute atomic E-state index is 13.4. The van der Waals surface area contributed by atoms with Crippen LogP contribution in [0.15, 0.2) is 71.7 Å². The Balaban J connectivity index is 1.42. The Hall–Kier alpha value is -4.01. The Kier molecular flexibility index (Phi) is 7.81. The second-order valence-electron chi connectivity index (χ2n) is 8.65. The minimum atomic E-state index is -0.447. The highest BCUT2D eigenvalue weighted by molar-refractivity contribution is 6.31. The minimum absolute atomic E-state index is 0.391. The third-order valence-corrected chi connectivity index (χ3v) is 6.78. The van der Waals surface area contributed by atoms with Crippen molar-refractivity contribution in [2.45, 2.75) is 12.5 Å². The second kappa shape index (κ2) is 11.6. The van der Waals surface area contributed by atoms with E-state index in [0.717, 1.165) is 34.1 Å². The molecule has 0 saturated heterocycles. The molecule has 3 N–H and O–H groups in total. The zero-order chi connectivity index (χ0) is 26.5. The lowest BCUT2D eigenvalue weighted by atomic mass is 9.92. The zero-order valence-electron chi connectivity index (χ0n) is 20.3. The van der Waals surface area contributed by atoms with E-state index in [9.17, 15) is 4.79 Å². The molecule has 0 spiro atoms. The van der Waals surface area contributed by atoms with Gasteiger partial charge in [0, 0.05) is 39.7 Å². The molecule has 2 heterocycles. The van der Waals surface area contributed by atoms with E-state index in [0.29, 0.717) is 47.7 Å². The molecule has 0 bridgehead atoms. The van der Waals surface area contributed by atoms with Crippen LogP contribution in [0.3, 0.4) is 0 Å². The molecule has 194 valence electrons. The van der Waals surface area contributed by atoms with Gasteiger partial charge < -0.3 is 19.8 Å². The average molecular weight is 550 g/mol. The Bertz CT molecular complexity index is 1470. The number of carbonyl (C=O) groups is 1. The number of ether oxygens (including phenoxy) is 2. The maximum atomic E-state index is 13.4. The molecule has 1 aromatic heterocycles. The van der Waals surface area contributed by atoms with Crippen molar-refractivity contribution >= 4 is 52.9 Å². The van der Waals surface area contributed by atoms with E-state index in [2.05, 4.69) is 15.3 Å². The number of aromatic amines is 1. The van der Waals surface area contributed by atoms with Gasteiger partial charge in [-0.05, 0) is 72.1 Å². The van der Waals surface area contributed by atoms with Gasteiger partial charge in [0.05, 0.1) is 6.34 Å². The van der Waals surface area contributed by atoms with Gasteiger partial charge in [-0.1, -0.05) is 35.3 Å². The number of rotatable bonds is 8. The first kappa shape index (κ1) is 25.6. The smallest absolute Gasteiger partial charge is 0.416 e. The minimum Gasteiger partial charge on any atom is -0.492 e. The molecular formula is C28H25Cl2N5O3. The topological polar surface area (TPSA) is 103 Å². The van der Waals surface area contributed by atoms with Crippen molar-refractivity contribution in [1.29, 1.82) is 5.41 Å². The van der Waals surface area contributed by atoms with Crippen molar-refractivity contribution in [1.82, 2.24) is 15.2 Å². The second-order valence-corrected chi connectivity index (χ2v) is 9.53. The normalized spacial score (nSPS) is 14.9. The van der Waals surface area contributed by atoms with Gasteiger partial charge >= 0.3 is 6.09 Å². The summed E-state index contributed by atoms with van der Waals surface area (Å²) in [4.78, 5) is 22.3. The molecule has 5 rings (SSSR count). The molecule has 10 heteroatoms. The lowest BCUT2D eigenvalue weighted by Gasteiger charge is -2.35. The summed E-state index contributed by atoms with van der Waals surface area (Å²) in [6.45, 7) is 1.46. The van der Waals surface area contributed by atoms with E-state index in [4.69, 9.17) is 38.1 Å². The van der Waals surface area contributed by atoms with Crippen LogP contribution in [0.25, 0.3) is 10.9 Å². The van der Waals surface area contributed by atoms with Gasteiger partial charge in [0.25, 0.3) is 0 Å². The van der Waals surface area contributed by atoms with Crippen LogP contribution in [-0.4, -0.2) is 48.4 Å². The number of hydrogen-bond acceptors (Lipinski definition) is 4. The van der Waals surface area contributed by atoms with Crippen LogP contribution in [0.4, 0.5) is 4.79 Å². The fraction of sp³-hybridized carbons (Fsp3) is 0.179. The Labute approximate surface area is 229 Å². The van der Waals surface area contributed by atoms with Gasteiger partial charge in [0.15, 0.2) is 0 Å². The summed E-state index contributed by atoms with van der Waals surface area (Å²) < 4.78 is 11.5. The van der Waals surface area contributed by atoms with Crippen molar-refractivity contribution in [2.75, 3.05) is 19.7 Å². The number of halogens is 2. The van der Waals surface area contributed by atoms with Crippen LogP contribution >= 0.6 is 23.2 Å². The molecule has 38 heavy (non-hydrogen) atoms. The van der Waals surface area contributed by atoms with E-state index in [-0.39, 0.29) is 0 Å². The zero-order valence-corrected chi connectivity index (χ0v) is 21.8. The molecule has 1 aliphatic heterocycles. The highest BCUT2D eigenvalue weighted by Crippen LogP contribution is 2.40. The van der Waals surface area contributed by atoms with E-state index < -0.39 is 12.1 Å². The maximum Gasteiger partial charge on any atom is 0.416 e. The van der Waals surface area contributed by atoms with Gasteiger partial charge in [0.2, 0.25) is 0 Å². The Morgan fingerprint density at radius 1 is 1.08 bits per heavy atom. The summed E-state index contributed by atoms with van der Waals surface area (Å²) in [5.74, 6) is 1.13. The van der Waals surface area contributed by atoms with Crippen molar-refractivity contribution in [3.05, 3.63) is 93.6 Å². The first-order valence-corrected chi connectivity index (χ1v) is 12.8. The van der Waals surface area contributed by atoms with Gasteiger partial charge in [-0.3, -0.25) is 10.3 Å². The number of hydrogen-bond donors (Lipinski definition) is 3. The number of aliphatic imine (C=N–C) groups is 1. The van der Waals surface area contributed by atoms with Crippen molar-refractivity contribution in [2.24, 2.45) is 4.99 Å². The highest BCUT2D eigenvalue weighted by atomic mass is 35.5. The summed E-state index contributed by atoms with van der Waals surface area (Å²) in [5, 5.41) is 12.1. The van der Waals surface area contributed by atoms with Crippen LogP contribution in [0.1, 0.15) is 22.9 Å². The molecule has 3 aromatic carbocycles. The Morgan fingerprint density at radius 2 is 1.82 bits per heavy atom. The first-order valence-electron chi connectivity index (χ1n) is 12.0. The molecule has 1 atom stereocenters. The number of aromatic nitrogens is 1. The number of nitrogens with one attached hydrogen (secondary N) is 3. The number of fused-ring (bicyclic) bond motifs is 3. The lowest BCUT2D eigenvalue weighted by Crippen LogP contribution is -2.42. The van der Waals surface area contributed by atoms with Crippen LogP contribution < -0.4 is 14.8 Å². The van der Waals surface area contributed by atoms with Crippen LogP contribution in [0.5, 0.6) is 11.5 Å². The molecule has 1 unspecified atom stereocenters. The molecule has 8 nitrogen and oxygen atoms in total. The predicted molar refractivity (Wildman–Crippen MR) is 150 cm³/mol. The molecular weight excluding hydrogens is 525 g/mol. The first-order chi connectivity index (χ1) is 18.5. The SMILES string of the molecule is N=C/N=C\NCCOc1ccc(C2c3[nH]c4ccc(Cl)cc4c3CCN2C(=O)Oc2ccc(Cl)cc2)cc1. The van der Waals surface area contributed by atoms with Crippen molar-refractivity contribution in [3.8, 4) is 11.5 Å². The van der Waals surface area contributed by atoms with Crippen molar-refractivity contribution < 1.29 is 14.3 Å². The molecule has 0 fully saturated rings. The number of H-pyrrole nitrogens is 1. The molecule has 1 amide bonds. The van der Waals surface area contributed by atoms with Crippen LogP contribution in [0.2, 0.25) is 10.0 Å². The molecule has 4 aromatic rings. The van der Waals surface area contributed by atoms with Gasteiger partial charge in [-0.15, -0.1) is 0 Å². The molecule has 0 aliphatic carbocycles. The highest BCUT2D eigenvalue weighted by Gasteiger charge is 2.35. The molecule has 1 aliphatic rings. The number of carbonyl (C=O) groups excluding carboxylic acids is 1. The van der Waals surface area contributed by atoms with Crippen molar-refractivity contribution in [3.63, 3.8) is 0 Å². The average Bonchev–Trinajstić information content (AvgIpc) is 3.29. The summed E-state index contributed by atoms with van der Waals surface area (Å²) in [6, 6.07) is 19.8. The molecule has 0 radical (unpaired) electrons. The van der Waals surface area contributed by atoms with Crippen LogP contribution in [-0.2, 0) is 6.42 Å². The Morgan fingerprint density at radius 3 is 2.58 bits per heavy atom. The molecule has 0 saturated carbocycles. The fourth-order valence-electron chi connectivity index (χ4n) is 4.59. The van der Waals surface area contributed by atoms with Crippen LogP contribution in [0, 0.1) is 5.41 Å². The summed E-state index contributed by atoms with van der Waals surface area (Å²) in [5.41, 5.74) is 3.96. The van der Waals surface area contributed by atoms with Gasteiger partial charge in [-0.25, -0.2) is 9.79 Å². The third kappa shape index (κ3) is 5.61. The largest absolute Gasteiger partial charge is 0.492 e. The summed E-state index contributed by atoms with van der Waals surface area (Å²) >= 11 is 12.3. The summed E-state index contributed by atoms with van der Waals surface area (Å²) in [6.07, 6.45) is 2.63. The standard InChI is InChI=1S/C28H25Cl2N5O3/c29-19-3-8-22(9-4-19)38-28(36)35-13-11-23-24-15-20(30)5-10-25(24)34-26(23)27(35)18-1-6-21(7-2-18)37-14-12-32-17-33-16-31/h1-10,15-17,27,34H,11-14H2,(H2,31,32,33). The van der Waals surface area contributed by atoms with E-state index in [1.807, 2.05) is 42.5 Å². The number of amides is 1. The van der Waals surface area contributed by atoms with E-state index in [1.54, 1.807) is 29.2 Å². The third-order valence-electron chi connectivity index (χ3n) is 6.29. The monoisotopic (exact) mass is 549 g/mol. The number of nitrogens with zero attached hydrogens (tertiary/aromatic N) is 2. The predicted octanol–water partition coefficient (Wildman–Crippen LogP) is 6.22. The van der Waals surface area contributed by atoms with E-state index in [1.165, 1.54) is 6.34 Å². The van der Waals surface area contributed by atoms with E-state index >= 15 is 0 Å². The lowest BCUT2D eigenvalue weighted by molar-refractivity contribution is 0.135. The van der Waals surface area contributed by atoms with Gasteiger partial charge in [0.1, 0.15) is 30.5 Å².